The summed E-state index contributed by atoms with van der Waals surface area (Å²) in [6.45, 7) is 12.6. The molecule has 1 aromatic heterocycles. The third-order valence-electron chi connectivity index (χ3n) is 3.97. The first-order valence-electron chi connectivity index (χ1n) is 8.79. The Bertz CT molecular complexity index is 837. The smallest absolute Gasteiger partial charge is 0.349 e. The van der Waals surface area contributed by atoms with Crippen molar-refractivity contribution in [1.82, 2.24) is 5.32 Å². The van der Waals surface area contributed by atoms with Crippen LogP contribution in [0.5, 0.6) is 0 Å². The summed E-state index contributed by atoms with van der Waals surface area (Å²) in [6.07, 6.45) is 0. The Morgan fingerprint density at radius 3 is 2.65 bits per heavy atom. The average molecular weight is 358 g/mol. The second-order valence-corrected chi connectivity index (χ2v) is 6.11. The highest BCUT2D eigenvalue weighted by Gasteiger charge is 2.14. The number of anilines is 1. The molecule has 0 unspecified atom stereocenters. The predicted molar refractivity (Wildman–Crippen MR) is 104 cm³/mol. The molecule has 26 heavy (non-hydrogen) atoms. The van der Waals surface area contributed by atoms with Crippen molar-refractivity contribution < 1.29 is 13.9 Å². The highest BCUT2D eigenvalue weighted by atomic mass is 16.5. The Hall–Kier alpha value is -2.60. The maximum Gasteiger partial charge on any atom is 0.349 e. The summed E-state index contributed by atoms with van der Waals surface area (Å²) in [6, 6.07) is 7.22. The molecule has 1 N–H and O–H groups in total. The van der Waals surface area contributed by atoms with E-state index < -0.39 is 11.5 Å². The van der Waals surface area contributed by atoms with Crippen molar-refractivity contribution in [2.24, 2.45) is 0 Å². The molecule has 0 radical (unpaired) electrons. The van der Waals surface area contributed by atoms with Crippen LogP contribution in [0, 0.1) is 0 Å². The third-order valence-corrected chi connectivity index (χ3v) is 3.97. The minimum Gasteiger partial charge on any atom is -0.422 e. The van der Waals surface area contributed by atoms with Crippen LogP contribution in [0.15, 0.2) is 45.6 Å². The Morgan fingerprint density at radius 1 is 1.27 bits per heavy atom. The monoisotopic (exact) mass is 358 g/mol. The zero-order valence-electron chi connectivity index (χ0n) is 15.6. The maximum atomic E-state index is 12.2. The van der Waals surface area contributed by atoms with Gasteiger partial charge in [-0.05, 0) is 39.0 Å². The Balaban J connectivity index is 2.12. The number of ether oxygens (including phenoxy) is 1. The van der Waals surface area contributed by atoms with E-state index in [-0.39, 0.29) is 5.56 Å². The molecule has 0 atom stereocenters. The van der Waals surface area contributed by atoms with Crippen LogP contribution in [0.1, 0.15) is 31.1 Å². The quantitative estimate of drug-likeness (QED) is 0.424. The van der Waals surface area contributed by atoms with Gasteiger partial charge in [-0.1, -0.05) is 12.2 Å². The topological polar surface area (TPSA) is 71.8 Å². The van der Waals surface area contributed by atoms with E-state index in [1.807, 2.05) is 25.1 Å². The van der Waals surface area contributed by atoms with E-state index >= 15 is 0 Å². The van der Waals surface area contributed by atoms with Crippen LogP contribution in [0.2, 0.25) is 0 Å². The fraction of sp³-hybridized carbons (Fsp3) is 0.400. The van der Waals surface area contributed by atoms with Crippen molar-refractivity contribution in [2.75, 3.05) is 37.7 Å². The molecule has 140 valence electrons. The fourth-order valence-corrected chi connectivity index (χ4v) is 2.62. The van der Waals surface area contributed by atoms with Gasteiger partial charge < -0.3 is 19.4 Å². The standard InChI is InChI=1S/C20H26N2O4/c1-5-22(6-2)16-8-7-15-11-17(20(24)26-18(15)12-16)19(23)21-9-10-25-13-14(3)4/h7-8,11-12H,3,5-6,9-10,13H2,1-2,4H3,(H,21,23). The molecular formula is C20H26N2O4. The number of benzene rings is 1. The summed E-state index contributed by atoms with van der Waals surface area (Å²) < 4.78 is 10.7. The van der Waals surface area contributed by atoms with Gasteiger partial charge in [0.15, 0.2) is 0 Å². The van der Waals surface area contributed by atoms with Crippen molar-refractivity contribution in [3.05, 3.63) is 52.4 Å². The van der Waals surface area contributed by atoms with Crippen LogP contribution in [0.3, 0.4) is 0 Å². The van der Waals surface area contributed by atoms with Crippen molar-refractivity contribution in [3.63, 3.8) is 0 Å². The lowest BCUT2D eigenvalue weighted by molar-refractivity contribution is 0.0923. The Kier molecular flexibility index (Phi) is 6.97. The zero-order chi connectivity index (χ0) is 19.1. The molecule has 0 spiro atoms. The first kappa shape index (κ1) is 19.7. The molecule has 1 aromatic carbocycles. The van der Waals surface area contributed by atoms with Gasteiger partial charge in [0.1, 0.15) is 11.1 Å². The van der Waals surface area contributed by atoms with Crippen molar-refractivity contribution >= 4 is 22.6 Å². The molecule has 6 nitrogen and oxygen atoms in total. The van der Waals surface area contributed by atoms with Gasteiger partial charge in [0, 0.05) is 36.8 Å². The molecule has 1 amide bonds. The molecule has 0 bridgehead atoms. The van der Waals surface area contributed by atoms with E-state index in [0.717, 1.165) is 24.4 Å². The fourth-order valence-electron chi connectivity index (χ4n) is 2.62. The lowest BCUT2D eigenvalue weighted by atomic mass is 10.1. The van der Waals surface area contributed by atoms with E-state index in [0.29, 0.717) is 30.7 Å². The number of rotatable bonds is 9. The van der Waals surface area contributed by atoms with E-state index in [1.165, 1.54) is 0 Å². The van der Waals surface area contributed by atoms with Crippen LogP contribution in [-0.2, 0) is 4.74 Å². The van der Waals surface area contributed by atoms with E-state index in [4.69, 9.17) is 9.15 Å². The molecule has 6 heteroatoms. The maximum absolute atomic E-state index is 12.2. The van der Waals surface area contributed by atoms with Crippen LogP contribution in [-0.4, -0.2) is 38.8 Å². The molecule has 2 rings (SSSR count). The van der Waals surface area contributed by atoms with Crippen LogP contribution in [0.25, 0.3) is 11.0 Å². The summed E-state index contributed by atoms with van der Waals surface area (Å²) >= 11 is 0. The van der Waals surface area contributed by atoms with Gasteiger partial charge in [0.05, 0.1) is 13.2 Å². The van der Waals surface area contributed by atoms with Gasteiger partial charge in [0.2, 0.25) is 0 Å². The highest BCUT2D eigenvalue weighted by molar-refractivity contribution is 5.96. The number of carbonyl (C=O) groups excluding carboxylic acids is 1. The first-order chi connectivity index (χ1) is 12.5. The zero-order valence-corrected chi connectivity index (χ0v) is 15.6. The van der Waals surface area contributed by atoms with Crippen molar-refractivity contribution in [2.45, 2.75) is 20.8 Å². The molecule has 0 saturated carbocycles. The van der Waals surface area contributed by atoms with E-state index in [9.17, 15) is 9.59 Å². The number of hydrogen-bond donors (Lipinski definition) is 1. The number of carbonyl (C=O) groups is 1. The molecule has 0 aliphatic carbocycles. The minimum atomic E-state index is -0.644. The highest BCUT2D eigenvalue weighted by Crippen LogP contribution is 2.21. The number of nitrogens with zero attached hydrogens (tertiary/aromatic N) is 1. The summed E-state index contributed by atoms with van der Waals surface area (Å²) in [7, 11) is 0. The van der Waals surface area contributed by atoms with Crippen LogP contribution < -0.4 is 15.8 Å². The summed E-state index contributed by atoms with van der Waals surface area (Å²) in [4.78, 5) is 26.6. The Labute approximate surface area is 153 Å². The predicted octanol–water partition coefficient (Wildman–Crippen LogP) is 2.96. The lowest BCUT2D eigenvalue weighted by Gasteiger charge is -2.21. The van der Waals surface area contributed by atoms with E-state index in [2.05, 4.69) is 30.6 Å². The minimum absolute atomic E-state index is 0.00649. The molecule has 1 heterocycles. The largest absolute Gasteiger partial charge is 0.422 e. The molecule has 0 saturated heterocycles. The lowest BCUT2D eigenvalue weighted by Crippen LogP contribution is -2.31. The summed E-state index contributed by atoms with van der Waals surface area (Å²) in [5, 5.41) is 3.38. The summed E-state index contributed by atoms with van der Waals surface area (Å²) in [5.41, 5.74) is 1.72. The molecule has 0 aliphatic heterocycles. The van der Waals surface area contributed by atoms with Gasteiger partial charge in [-0.2, -0.15) is 0 Å². The molecule has 2 aromatic rings. The van der Waals surface area contributed by atoms with Gasteiger partial charge in [0.25, 0.3) is 5.91 Å². The van der Waals surface area contributed by atoms with Gasteiger partial charge >= 0.3 is 5.63 Å². The number of nitrogens with one attached hydrogen (secondary N) is 1. The van der Waals surface area contributed by atoms with Crippen LogP contribution >= 0.6 is 0 Å². The molecule has 0 aliphatic rings. The summed E-state index contributed by atoms with van der Waals surface area (Å²) in [5.74, 6) is -0.465. The second kappa shape index (κ2) is 9.20. The van der Waals surface area contributed by atoms with Crippen molar-refractivity contribution in [1.29, 1.82) is 0 Å². The second-order valence-electron chi connectivity index (χ2n) is 6.11. The normalized spacial score (nSPS) is 10.7. The SMILES string of the molecule is C=C(C)COCCNC(=O)c1cc2ccc(N(CC)CC)cc2oc1=O. The van der Waals surface area contributed by atoms with Gasteiger partial charge in [-0.3, -0.25) is 4.79 Å². The Morgan fingerprint density at radius 2 is 2.00 bits per heavy atom. The first-order valence-corrected chi connectivity index (χ1v) is 8.79. The van der Waals surface area contributed by atoms with Crippen LogP contribution in [0.4, 0.5) is 5.69 Å². The van der Waals surface area contributed by atoms with Gasteiger partial charge in [-0.25, -0.2) is 4.79 Å². The van der Waals surface area contributed by atoms with Crippen molar-refractivity contribution in [3.8, 4) is 0 Å². The molecule has 0 fully saturated rings. The number of amides is 1. The van der Waals surface area contributed by atoms with Gasteiger partial charge in [-0.15, -0.1) is 0 Å². The third kappa shape index (κ3) is 4.95. The molecular weight excluding hydrogens is 332 g/mol. The number of hydrogen-bond acceptors (Lipinski definition) is 5. The average Bonchev–Trinajstić information content (AvgIpc) is 2.61. The number of fused-ring (bicyclic) bond motifs is 1. The van der Waals surface area contributed by atoms with E-state index in [1.54, 1.807) is 6.07 Å².